The minimum Gasteiger partial charge on any atom is -0.491 e. The average Bonchev–Trinajstić information content (AvgIpc) is 2.30. The highest BCUT2D eigenvalue weighted by molar-refractivity contribution is 5.80. The number of hydrogen-bond acceptors (Lipinski definition) is 2. The third-order valence-electron chi connectivity index (χ3n) is 2.44. The summed E-state index contributed by atoms with van der Waals surface area (Å²) in [5.74, 6) is -0.772. The molecule has 1 heterocycles. The third-order valence-corrected chi connectivity index (χ3v) is 2.44. The molecule has 6 heteroatoms. The first-order valence-corrected chi connectivity index (χ1v) is 5.30. The lowest BCUT2D eigenvalue weighted by molar-refractivity contribution is 0.146. The zero-order chi connectivity index (χ0) is 13.3. The molecule has 0 fully saturated rings. The first-order chi connectivity index (χ1) is 8.52. The zero-order valence-electron chi connectivity index (χ0n) is 9.47. The summed E-state index contributed by atoms with van der Waals surface area (Å²) in [6.45, 7) is 1.92. The predicted octanol–water partition coefficient (Wildman–Crippen LogP) is 3.00. The maximum absolute atomic E-state index is 13.5. The highest BCUT2D eigenvalue weighted by atomic mass is 19.3. The number of alkyl halides is 2. The van der Waals surface area contributed by atoms with E-state index in [0.717, 1.165) is 12.1 Å². The monoisotopic (exact) mass is 257 g/mol. The van der Waals surface area contributed by atoms with E-state index in [0.29, 0.717) is 0 Å². The van der Waals surface area contributed by atoms with E-state index in [9.17, 15) is 18.0 Å². The van der Waals surface area contributed by atoms with Gasteiger partial charge in [-0.3, -0.25) is 4.79 Å². The Hall–Kier alpha value is -1.98. The number of benzene rings is 1. The van der Waals surface area contributed by atoms with Crippen LogP contribution < -0.4 is 10.2 Å². The van der Waals surface area contributed by atoms with Crippen LogP contribution in [0.4, 0.5) is 13.2 Å². The van der Waals surface area contributed by atoms with E-state index >= 15 is 0 Å². The molecule has 0 unspecified atom stereocenters. The predicted molar refractivity (Wildman–Crippen MR) is 60.7 cm³/mol. The zero-order valence-corrected chi connectivity index (χ0v) is 9.47. The van der Waals surface area contributed by atoms with E-state index < -0.39 is 23.4 Å². The van der Waals surface area contributed by atoms with Crippen LogP contribution in [-0.2, 0) is 0 Å². The van der Waals surface area contributed by atoms with Crippen molar-refractivity contribution in [1.82, 2.24) is 4.98 Å². The van der Waals surface area contributed by atoms with Crippen LogP contribution in [0.5, 0.6) is 5.75 Å². The van der Waals surface area contributed by atoms with E-state index in [1.54, 1.807) is 6.92 Å². The van der Waals surface area contributed by atoms with Crippen LogP contribution in [0.3, 0.4) is 0 Å². The lowest BCUT2D eigenvalue weighted by Gasteiger charge is -2.07. The van der Waals surface area contributed by atoms with E-state index in [-0.39, 0.29) is 23.3 Å². The average molecular weight is 257 g/mol. The molecule has 0 aliphatic heterocycles. The van der Waals surface area contributed by atoms with E-state index in [1.165, 1.54) is 6.07 Å². The molecular weight excluding hydrogens is 247 g/mol. The molecule has 96 valence electrons. The SMILES string of the molecule is CCOc1cc2c(=O)cc(C(F)F)[nH]c2cc1F. The van der Waals surface area contributed by atoms with E-state index in [4.69, 9.17) is 4.74 Å². The number of fused-ring (bicyclic) bond motifs is 1. The van der Waals surface area contributed by atoms with Gasteiger partial charge in [0.05, 0.1) is 17.8 Å². The topological polar surface area (TPSA) is 42.1 Å². The van der Waals surface area contributed by atoms with Gasteiger partial charge in [-0.05, 0) is 13.0 Å². The standard InChI is InChI=1S/C12H10F3NO2/c1-2-18-11-3-6-8(4-7(11)13)16-9(12(14)15)5-10(6)17/h3-5,12H,2H2,1H3,(H,16,17). The highest BCUT2D eigenvalue weighted by Crippen LogP contribution is 2.24. The summed E-state index contributed by atoms with van der Waals surface area (Å²) < 4.78 is 43.5. The number of halogens is 3. The Kier molecular flexibility index (Phi) is 3.27. The fraction of sp³-hybridized carbons (Fsp3) is 0.250. The van der Waals surface area contributed by atoms with Crippen LogP contribution in [0.2, 0.25) is 0 Å². The number of aromatic amines is 1. The summed E-state index contributed by atoms with van der Waals surface area (Å²) >= 11 is 0. The summed E-state index contributed by atoms with van der Waals surface area (Å²) in [4.78, 5) is 14.0. The quantitative estimate of drug-likeness (QED) is 0.918. The van der Waals surface area contributed by atoms with Crippen molar-refractivity contribution in [2.45, 2.75) is 13.3 Å². The first kappa shape index (κ1) is 12.5. The van der Waals surface area contributed by atoms with Gasteiger partial charge in [-0.25, -0.2) is 13.2 Å². The van der Waals surface area contributed by atoms with Crippen molar-refractivity contribution in [2.75, 3.05) is 6.61 Å². The summed E-state index contributed by atoms with van der Waals surface area (Å²) in [5, 5.41) is 0.115. The number of pyridine rings is 1. The number of rotatable bonds is 3. The van der Waals surface area contributed by atoms with Gasteiger partial charge in [0.2, 0.25) is 0 Å². The number of ether oxygens (including phenoxy) is 1. The van der Waals surface area contributed by atoms with Crippen molar-refractivity contribution >= 4 is 10.9 Å². The summed E-state index contributed by atoms with van der Waals surface area (Å²) in [5.41, 5.74) is -1.10. The molecule has 0 saturated carbocycles. The molecule has 0 saturated heterocycles. The van der Waals surface area contributed by atoms with Crippen molar-refractivity contribution in [1.29, 1.82) is 0 Å². The molecule has 0 bridgehead atoms. The van der Waals surface area contributed by atoms with Crippen molar-refractivity contribution in [3.8, 4) is 5.75 Å². The van der Waals surface area contributed by atoms with Gasteiger partial charge in [-0.15, -0.1) is 0 Å². The molecule has 0 radical (unpaired) electrons. The second kappa shape index (κ2) is 4.72. The second-order valence-corrected chi connectivity index (χ2v) is 3.65. The molecule has 18 heavy (non-hydrogen) atoms. The molecule has 2 aromatic rings. The smallest absolute Gasteiger partial charge is 0.278 e. The Morgan fingerprint density at radius 3 is 2.67 bits per heavy atom. The Labute approximate surface area is 100 Å². The summed E-state index contributed by atoms with van der Waals surface area (Å²) in [6.07, 6.45) is -2.81. The van der Waals surface area contributed by atoms with Gasteiger partial charge < -0.3 is 9.72 Å². The molecule has 0 atom stereocenters. The molecule has 1 aromatic heterocycles. The number of hydrogen-bond donors (Lipinski definition) is 1. The molecule has 1 aromatic carbocycles. The first-order valence-electron chi connectivity index (χ1n) is 5.30. The van der Waals surface area contributed by atoms with Gasteiger partial charge in [-0.2, -0.15) is 0 Å². The van der Waals surface area contributed by atoms with Crippen molar-refractivity contribution in [3.63, 3.8) is 0 Å². The normalized spacial score (nSPS) is 11.2. The maximum atomic E-state index is 13.5. The fourth-order valence-corrected chi connectivity index (χ4v) is 1.65. The number of nitrogens with one attached hydrogen (secondary N) is 1. The van der Waals surface area contributed by atoms with Crippen LogP contribution in [0, 0.1) is 5.82 Å². The molecule has 2 rings (SSSR count). The summed E-state index contributed by atoms with van der Waals surface area (Å²) in [6, 6.07) is 3.00. The molecule has 0 aliphatic carbocycles. The maximum Gasteiger partial charge on any atom is 0.278 e. The lowest BCUT2D eigenvalue weighted by Crippen LogP contribution is -2.07. The minimum atomic E-state index is -2.81. The van der Waals surface area contributed by atoms with Crippen LogP contribution in [-0.4, -0.2) is 11.6 Å². The van der Waals surface area contributed by atoms with Crippen molar-refractivity contribution < 1.29 is 17.9 Å². The molecule has 0 amide bonds. The lowest BCUT2D eigenvalue weighted by atomic mass is 10.1. The van der Waals surface area contributed by atoms with Gasteiger partial charge in [0, 0.05) is 17.5 Å². The van der Waals surface area contributed by atoms with Crippen LogP contribution >= 0.6 is 0 Å². The van der Waals surface area contributed by atoms with Gasteiger partial charge >= 0.3 is 0 Å². The van der Waals surface area contributed by atoms with Crippen molar-refractivity contribution in [3.05, 3.63) is 39.9 Å². The van der Waals surface area contributed by atoms with Gasteiger partial charge in [0.1, 0.15) is 0 Å². The highest BCUT2D eigenvalue weighted by Gasteiger charge is 2.13. The molecule has 1 N–H and O–H groups in total. The second-order valence-electron chi connectivity index (χ2n) is 3.65. The molecule has 3 nitrogen and oxygen atoms in total. The minimum absolute atomic E-state index is 0.0266. The molecule has 0 aliphatic rings. The van der Waals surface area contributed by atoms with Crippen LogP contribution in [0.15, 0.2) is 23.0 Å². The number of H-pyrrole nitrogens is 1. The Morgan fingerprint density at radius 2 is 2.06 bits per heavy atom. The molecule has 0 spiro atoms. The van der Waals surface area contributed by atoms with E-state index in [1.807, 2.05) is 0 Å². The van der Waals surface area contributed by atoms with Crippen LogP contribution in [0.25, 0.3) is 10.9 Å². The number of aromatic nitrogens is 1. The summed E-state index contributed by atoms with van der Waals surface area (Å²) in [7, 11) is 0. The van der Waals surface area contributed by atoms with Gasteiger partial charge in [-0.1, -0.05) is 0 Å². The fourth-order valence-electron chi connectivity index (χ4n) is 1.65. The van der Waals surface area contributed by atoms with Crippen molar-refractivity contribution in [2.24, 2.45) is 0 Å². The van der Waals surface area contributed by atoms with Crippen LogP contribution in [0.1, 0.15) is 19.0 Å². The molecular formula is C12H10F3NO2. The van der Waals surface area contributed by atoms with Gasteiger partial charge in [0.15, 0.2) is 17.0 Å². The Balaban J connectivity index is 2.69. The Bertz CT molecular complexity index is 637. The third kappa shape index (κ3) is 2.18. The largest absolute Gasteiger partial charge is 0.491 e. The van der Waals surface area contributed by atoms with Gasteiger partial charge in [0.25, 0.3) is 6.43 Å². The Morgan fingerprint density at radius 1 is 1.33 bits per heavy atom. The van der Waals surface area contributed by atoms with E-state index in [2.05, 4.69) is 4.98 Å².